The standard InChI is InChI=1S/C16H17NOS/c18-15(10-14-11-17-12-19-14)16(8-4-5-9-16)13-6-2-1-3-7-13/h1-3,6-7,11-12H,4-5,8-10H2. The van der Waals surface area contributed by atoms with Crippen molar-refractivity contribution in [1.82, 2.24) is 4.98 Å². The third-order valence-electron chi connectivity index (χ3n) is 4.14. The van der Waals surface area contributed by atoms with E-state index in [-0.39, 0.29) is 5.41 Å². The highest BCUT2D eigenvalue weighted by atomic mass is 32.1. The van der Waals surface area contributed by atoms with Gasteiger partial charge in [-0.25, -0.2) is 0 Å². The minimum absolute atomic E-state index is 0.245. The number of ketones is 1. The number of hydrogen-bond acceptors (Lipinski definition) is 3. The Morgan fingerprint density at radius 3 is 2.58 bits per heavy atom. The van der Waals surface area contributed by atoms with Crippen molar-refractivity contribution in [2.75, 3.05) is 0 Å². The fourth-order valence-corrected chi connectivity index (χ4v) is 3.71. The van der Waals surface area contributed by atoms with Gasteiger partial charge in [0.15, 0.2) is 0 Å². The minimum atomic E-state index is -0.245. The molecule has 1 heterocycles. The molecule has 1 fully saturated rings. The van der Waals surface area contributed by atoms with Crippen molar-refractivity contribution in [3.63, 3.8) is 0 Å². The zero-order valence-corrected chi connectivity index (χ0v) is 11.7. The molecular weight excluding hydrogens is 254 g/mol. The van der Waals surface area contributed by atoms with Crippen LogP contribution in [0.15, 0.2) is 42.0 Å². The molecular formula is C16H17NOS. The van der Waals surface area contributed by atoms with Gasteiger partial charge in [0.2, 0.25) is 0 Å². The largest absolute Gasteiger partial charge is 0.298 e. The second kappa shape index (κ2) is 5.25. The molecule has 2 aromatic rings. The number of nitrogens with zero attached hydrogens (tertiary/aromatic N) is 1. The highest BCUT2D eigenvalue weighted by Crippen LogP contribution is 2.42. The predicted molar refractivity (Wildman–Crippen MR) is 77.4 cm³/mol. The Bertz CT molecular complexity index is 541. The number of thiazole rings is 1. The summed E-state index contributed by atoms with van der Waals surface area (Å²) in [5.74, 6) is 0.362. The summed E-state index contributed by atoms with van der Waals surface area (Å²) >= 11 is 1.57. The molecule has 1 aromatic carbocycles. The first-order valence-corrected chi connectivity index (χ1v) is 7.65. The number of rotatable bonds is 4. The molecule has 0 N–H and O–H groups in total. The Morgan fingerprint density at radius 2 is 1.95 bits per heavy atom. The first-order chi connectivity index (χ1) is 9.31. The molecule has 1 saturated carbocycles. The van der Waals surface area contributed by atoms with Crippen LogP contribution in [0.1, 0.15) is 36.1 Å². The third-order valence-corrected chi connectivity index (χ3v) is 4.92. The van der Waals surface area contributed by atoms with E-state index < -0.39 is 0 Å². The number of benzene rings is 1. The Morgan fingerprint density at radius 1 is 1.21 bits per heavy atom. The molecule has 19 heavy (non-hydrogen) atoms. The van der Waals surface area contributed by atoms with E-state index in [0.29, 0.717) is 12.2 Å². The lowest BCUT2D eigenvalue weighted by Crippen LogP contribution is -2.34. The smallest absolute Gasteiger partial charge is 0.148 e. The Hall–Kier alpha value is -1.48. The SMILES string of the molecule is O=C(Cc1cncs1)C1(c2ccccc2)CCCC1. The highest BCUT2D eigenvalue weighted by Gasteiger charge is 2.41. The van der Waals surface area contributed by atoms with E-state index in [1.54, 1.807) is 16.8 Å². The van der Waals surface area contributed by atoms with Gasteiger partial charge in [-0.2, -0.15) is 0 Å². The molecule has 98 valence electrons. The van der Waals surface area contributed by atoms with Gasteiger partial charge in [-0.1, -0.05) is 43.2 Å². The van der Waals surface area contributed by atoms with Gasteiger partial charge in [-0.05, 0) is 18.4 Å². The lowest BCUT2D eigenvalue weighted by Gasteiger charge is -2.28. The van der Waals surface area contributed by atoms with E-state index in [2.05, 4.69) is 17.1 Å². The molecule has 0 saturated heterocycles. The molecule has 0 spiro atoms. The van der Waals surface area contributed by atoms with Crippen LogP contribution in [0.3, 0.4) is 0 Å². The zero-order valence-electron chi connectivity index (χ0n) is 10.8. The van der Waals surface area contributed by atoms with Gasteiger partial charge in [0.05, 0.1) is 10.9 Å². The minimum Gasteiger partial charge on any atom is -0.298 e. The molecule has 0 atom stereocenters. The van der Waals surface area contributed by atoms with Crippen LogP contribution in [0.5, 0.6) is 0 Å². The van der Waals surface area contributed by atoms with Crippen molar-refractivity contribution in [1.29, 1.82) is 0 Å². The molecule has 1 aromatic heterocycles. The summed E-state index contributed by atoms with van der Waals surface area (Å²) in [6.07, 6.45) is 6.64. The topological polar surface area (TPSA) is 30.0 Å². The molecule has 0 aliphatic heterocycles. The van der Waals surface area contributed by atoms with E-state index in [0.717, 1.165) is 30.6 Å². The first kappa shape index (κ1) is 12.5. The van der Waals surface area contributed by atoms with Gasteiger partial charge in [0.1, 0.15) is 5.78 Å². The maximum Gasteiger partial charge on any atom is 0.148 e. The van der Waals surface area contributed by atoms with Gasteiger partial charge in [0.25, 0.3) is 0 Å². The summed E-state index contributed by atoms with van der Waals surface area (Å²) in [5.41, 5.74) is 2.75. The summed E-state index contributed by atoms with van der Waals surface area (Å²) in [5, 5.41) is 0. The quantitative estimate of drug-likeness (QED) is 0.847. The van der Waals surface area contributed by atoms with E-state index >= 15 is 0 Å². The van der Waals surface area contributed by atoms with Gasteiger partial charge in [-0.3, -0.25) is 9.78 Å². The van der Waals surface area contributed by atoms with E-state index in [4.69, 9.17) is 0 Å². The van der Waals surface area contributed by atoms with Crippen molar-refractivity contribution >= 4 is 17.1 Å². The van der Waals surface area contributed by atoms with Gasteiger partial charge < -0.3 is 0 Å². The number of Topliss-reactive ketones (excluding diaryl/α,β-unsaturated/α-hetero) is 1. The molecule has 3 rings (SSSR count). The van der Waals surface area contributed by atoms with E-state index in [1.165, 1.54) is 5.56 Å². The molecule has 0 amide bonds. The summed E-state index contributed by atoms with van der Waals surface area (Å²) in [6, 6.07) is 10.3. The van der Waals surface area contributed by atoms with Gasteiger partial charge in [0, 0.05) is 17.5 Å². The average molecular weight is 271 g/mol. The highest BCUT2D eigenvalue weighted by molar-refractivity contribution is 7.09. The zero-order chi connectivity index (χ0) is 13.1. The Kier molecular flexibility index (Phi) is 3.47. The molecule has 0 unspecified atom stereocenters. The van der Waals surface area contributed by atoms with Gasteiger partial charge >= 0.3 is 0 Å². The molecule has 2 nitrogen and oxygen atoms in total. The molecule has 1 aliphatic carbocycles. The van der Waals surface area contributed by atoms with Crippen molar-refractivity contribution in [2.24, 2.45) is 0 Å². The molecule has 3 heteroatoms. The lowest BCUT2D eigenvalue weighted by molar-refractivity contribution is -0.123. The van der Waals surface area contributed by atoms with E-state index in [9.17, 15) is 4.79 Å². The summed E-state index contributed by atoms with van der Waals surface area (Å²) < 4.78 is 0. The van der Waals surface area contributed by atoms with Gasteiger partial charge in [-0.15, -0.1) is 11.3 Å². The van der Waals surface area contributed by atoms with Crippen LogP contribution in [-0.4, -0.2) is 10.8 Å². The second-order valence-corrected chi connectivity index (χ2v) is 6.19. The summed E-state index contributed by atoms with van der Waals surface area (Å²) in [7, 11) is 0. The fourth-order valence-electron chi connectivity index (χ4n) is 3.12. The van der Waals surface area contributed by atoms with Crippen LogP contribution in [0.2, 0.25) is 0 Å². The number of hydrogen-bond donors (Lipinski definition) is 0. The lowest BCUT2D eigenvalue weighted by atomic mass is 9.74. The first-order valence-electron chi connectivity index (χ1n) is 6.77. The number of carbonyl (C=O) groups is 1. The molecule has 0 bridgehead atoms. The average Bonchev–Trinajstić information content (AvgIpc) is 3.11. The monoisotopic (exact) mass is 271 g/mol. The summed E-state index contributed by atoms with van der Waals surface area (Å²) in [4.78, 5) is 18.0. The number of carbonyl (C=O) groups excluding carboxylic acids is 1. The van der Waals surface area contributed by atoms with Crippen molar-refractivity contribution in [3.8, 4) is 0 Å². The summed E-state index contributed by atoms with van der Waals surface area (Å²) in [6.45, 7) is 0. The second-order valence-electron chi connectivity index (χ2n) is 5.22. The maximum absolute atomic E-state index is 12.8. The third kappa shape index (κ3) is 2.35. The van der Waals surface area contributed by atoms with Crippen molar-refractivity contribution in [3.05, 3.63) is 52.5 Å². The Balaban J connectivity index is 1.90. The van der Waals surface area contributed by atoms with Crippen molar-refractivity contribution in [2.45, 2.75) is 37.5 Å². The van der Waals surface area contributed by atoms with Crippen LogP contribution in [0, 0.1) is 0 Å². The van der Waals surface area contributed by atoms with E-state index in [1.807, 2.05) is 24.4 Å². The molecule has 1 aliphatic rings. The molecule has 0 radical (unpaired) electrons. The maximum atomic E-state index is 12.8. The van der Waals surface area contributed by atoms with Crippen molar-refractivity contribution < 1.29 is 4.79 Å². The predicted octanol–water partition coefficient (Wildman–Crippen LogP) is 3.77. The van der Waals surface area contributed by atoms with Crippen LogP contribution < -0.4 is 0 Å². The van der Waals surface area contributed by atoms with Crippen LogP contribution in [0.25, 0.3) is 0 Å². The van der Waals surface area contributed by atoms with Crippen LogP contribution >= 0.6 is 11.3 Å². The fraction of sp³-hybridized carbons (Fsp3) is 0.375. The number of aromatic nitrogens is 1. The van der Waals surface area contributed by atoms with Crippen LogP contribution in [-0.2, 0) is 16.6 Å². The normalized spacial score (nSPS) is 17.5. The van der Waals surface area contributed by atoms with Crippen LogP contribution in [0.4, 0.5) is 0 Å². The Labute approximate surface area is 117 Å².